The van der Waals surface area contributed by atoms with E-state index in [0.717, 1.165) is 71.9 Å². The monoisotopic (exact) mass is 524 g/mol. The molecule has 0 bridgehead atoms. The van der Waals surface area contributed by atoms with E-state index < -0.39 is 12.1 Å². The SMILES string of the molecule is COc1ccc2nccc([C@H](O)CC[C@@H]3CCN(CCCSc4cnccn4)C[C@H]3CCC(=O)O)c2c1. The van der Waals surface area contributed by atoms with Crippen LogP contribution in [0.15, 0.2) is 54.1 Å². The largest absolute Gasteiger partial charge is 0.497 e. The van der Waals surface area contributed by atoms with Gasteiger partial charge in [-0.3, -0.25) is 14.8 Å². The normalized spacial score (nSPS) is 19.1. The Bertz CT molecular complexity index is 1150. The number of pyridine rings is 1. The molecule has 198 valence electrons. The third-order valence-corrected chi connectivity index (χ3v) is 8.26. The first-order chi connectivity index (χ1) is 18.0. The number of likely N-dealkylation sites (tertiary alicyclic amines) is 1. The van der Waals surface area contributed by atoms with Crippen molar-refractivity contribution in [3.63, 3.8) is 0 Å². The van der Waals surface area contributed by atoms with E-state index in [4.69, 9.17) is 4.74 Å². The van der Waals surface area contributed by atoms with E-state index in [1.54, 1.807) is 43.7 Å². The number of methoxy groups -OCH3 is 1. The number of aliphatic hydroxyl groups is 1. The topological polar surface area (TPSA) is 109 Å². The highest BCUT2D eigenvalue weighted by atomic mass is 32.2. The third kappa shape index (κ3) is 7.87. The Labute approximate surface area is 222 Å². The zero-order chi connectivity index (χ0) is 26.0. The van der Waals surface area contributed by atoms with Crippen LogP contribution in [0.1, 0.15) is 50.2 Å². The Morgan fingerprint density at radius 1 is 1.19 bits per heavy atom. The van der Waals surface area contributed by atoms with Crippen LogP contribution in [0.5, 0.6) is 5.75 Å². The van der Waals surface area contributed by atoms with Crippen molar-refractivity contribution in [2.45, 2.75) is 49.7 Å². The highest BCUT2D eigenvalue weighted by molar-refractivity contribution is 7.99. The van der Waals surface area contributed by atoms with Crippen molar-refractivity contribution in [3.8, 4) is 5.75 Å². The lowest BCUT2D eigenvalue weighted by Crippen LogP contribution is -2.41. The van der Waals surface area contributed by atoms with Gasteiger partial charge in [-0.2, -0.15) is 0 Å². The van der Waals surface area contributed by atoms with E-state index in [0.29, 0.717) is 24.7 Å². The summed E-state index contributed by atoms with van der Waals surface area (Å²) in [5.41, 5.74) is 1.70. The smallest absolute Gasteiger partial charge is 0.303 e. The molecule has 3 heterocycles. The number of hydrogen-bond donors (Lipinski definition) is 2. The predicted octanol–water partition coefficient (Wildman–Crippen LogP) is 4.83. The van der Waals surface area contributed by atoms with E-state index in [2.05, 4.69) is 19.9 Å². The van der Waals surface area contributed by atoms with Gasteiger partial charge in [0.1, 0.15) is 10.8 Å². The van der Waals surface area contributed by atoms with Crippen LogP contribution in [0.25, 0.3) is 10.9 Å². The molecule has 9 heteroatoms. The molecule has 0 amide bonds. The van der Waals surface area contributed by atoms with Gasteiger partial charge >= 0.3 is 5.97 Å². The van der Waals surface area contributed by atoms with Crippen LogP contribution in [-0.4, -0.2) is 68.5 Å². The van der Waals surface area contributed by atoms with Crippen LogP contribution in [0.4, 0.5) is 0 Å². The number of thioether (sulfide) groups is 1. The lowest BCUT2D eigenvalue weighted by molar-refractivity contribution is -0.137. The zero-order valence-electron chi connectivity index (χ0n) is 21.3. The quantitative estimate of drug-likeness (QED) is 0.240. The average Bonchev–Trinajstić information content (AvgIpc) is 2.93. The van der Waals surface area contributed by atoms with Crippen LogP contribution in [-0.2, 0) is 4.79 Å². The van der Waals surface area contributed by atoms with Crippen molar-refractivity contribution in [2.24, 2.45) is 11.8 Å². The lowest BCUT2D eigenvalue weighted by Gasteiger charge is -2.39. The fourth-order valence-corrected chi connectivity index (χ4v) is 6.04. The second kappa shape index (κ2) is 13.7. The molecule has 0 aliphatic carbocycles. The van der Waals surface area contributed by atoms with Crippen molar-refractivity contribution in [1.82, 2.24) is 19.9 Å². The first-order valence-corrected chi connectivity index (χ1v) is 14.0. The van der Waals surface area contributed by atoms with Crippen molar-refractivity contribution in [2.75, 3.05) is 32.5 Å². The number of benzene rings is 1. The maximum atomic E-state index is 11.3. The highest BCUT2D eigenvalue weighted by Gasteiger charge is 2.30. The van der Waals surface area contributed by atoms with Crippen molar-refractivity contribution < 1.29 is 19.7 Å². The molecule has 3 atom stereocenters. The molecule has 8 nitrogen and oxygen atoms in total. The predicted molar refractivity (Wildman–Crippen MR) is 145 cm³/mol. The number of nitrogens with zero attached hydrogens (tertiary/aromatic N) is 4. The summed E-state index contributed by atoms with van der Waals surface area (Å²) in [4.78, 5) is 26.6. The molecule has 0 spiro atoms. The Morgan fingerprint density at radius 3 is 2.86 bits per heavy atom. The van der Waals surface area contributed by atoms with E-state index in [9.17, 15) is 15.0 Å². The first-order valence-electron chi connectivity index (χ1n) is 13.0. The number of aliphatic hydroxyl groups excluding tert-OH is 1. The molecule has 37 heavy (non-hydrogen) atoms. The summed E-state index contributed by atoms with van der Waals surface area (Å²) in [6.45, 7) is 2.92. The average molecular weight is 525 g/mol. The molecule has 0 saturated carbocycles. The number of hydrogen-bond acceptors (Lipinski definition) is 8. The summed E-state index contributed by atoms with van der Waals surface area (Å²) in [5.74, 6) is 1.70. The summed E-state index contributed by atoms with van der Waals surface area (Å²) in [7, 11) is 1.63. The Hall–Kier alpha value is -2.75. The van der Waals surface area contributed by atoms with E-state index in [1.807, 2.05) is 24.3 Å². The number of aromatic nitrogens is 3. The van der Waals surface area contributed by atoms with E-state index in [1.165, 1.54) is 0 Å². The third-order valence-electron chi connectivity index (χ3n) is 7.26. The maximum Gasteiger partial charge on any atom is 0.303 e. The van der Waals surface area contributed by atoms with Crippen molar-refractivity contribution >= 4 is 28.6 Å². The van der Waals surface area contributed by atoms with Crippen molar-refractivity contribution in [3.05, 3.63) is 54.6 Å². The number of carbonyl (C=O) groups is 1. The van der Waals surface area contributed by atoms with Gasteiger partial charge in [0, 0.05) is 42.7 Å². The standard InChI is InChI=1S/C28H36N4O4S/c1-36-22-5-6-25-24(17-22)23(9-11-30-25)26(33)7-3-20-10-15-32(19-21(20)4-8-28(34)35)14-2-16-37-27-18-29-12-13-31-27/h5-6,9,11-13,17-18,20-21,26,33H,2-4,7-8,10,14-16,19H2,1H3,(H,34,35)/t20-,21-,26-/m1/s1. The summed E-state index contributed by atoms with van der Waals surface area (Å²) in [6.07, 6.45) is 10.8. The molecule has 4 rings (SSSR count). The second-order valence-electron chi connectivity index (χ2n) is 9.66. The molecule has 1 fully saturated rings. The van der Waals surface area contributed by atoms with E-state index in [-0.39, 0.29) is 6.42 Å². The molecule has 0 unspecified atom stereocenters. The fourth-order valence-electron chi connectivity index (χ4n) is 5.29. The van der Waals surface area contributed by atoms with Crippen LogP contribution in [0, 0.1) is 11.8 Å². The van der Waals surface area contributed by atoms with Crippen LogP contribution >= 0.6 is 11.8 Å². The number of ether oxygens (including phenoxy) is 1. The van der Waals surface area contributed by atoms with Gasteiger partial charge in [-0.25, -0.2) is 4.98 Å². The van der Waals surface area contributed by atoms with Gasteiger partial charge in [0.2, 0.25) is 0 Å². The number of carboxylic acids is 1. The van der Waals surface area contributed by atoms with Gasteiger partial charge in [-0.15, -0.1) is 11.8 Å². The molecule has 1 saturated heterocycles. The summed E-state index contributed by atoms with van der Waals surface area (Å²) >= 11 is 1.72. The zero-order valence-corrected chi connectivity index (χ0v) is 22.1. The minimum atomic E-state index is -0.742. The summed E-state index contributed by atoms with van der Waals surface area (Å²) < 4.78 is 5.37. The van der Waals surface area contributed by atoms with Gasteiger partial charge in [0.05, 0.1) is 24.9 Å². The Balaban J connectivity index is 1.32. The van der Waals surface area contributed by atoms with Crippen LogP contribution < -0.4 is 4.74 Å². The molecular weight excluding hydrogens is 488 g/mol. The summed E-state index contributed by atoms with van der Waals surface area (Å²) in [6, 6.07) is 7.60. The molecule has 3 aromatic rings. The molecule has 1 aromatic carbocycles. The van der Waals surface area contributed by atoms with Gasteiger partial charge < -0.3 is 19.8 Å². The van der Waals surface area contributed by atoms with Crippen LogP contribution in [0.3, 0.4) is 0 Å². The van der Waals surface area contributed by atoms with Gasteiger partial charge in [-0.1, -0.05) is 0 Å². The van der Waals surface area contributed by atoms with Gasteiger partial charge in [0.25, 0.3) is 0 Å². The van der Waals surface area contributed by atoms with E-state index >= 15 is 0 Å². The first kappa shape index (κ1) is 27.3. The molecule has 1 aliphatic heterocycles. The minimum absolute atomic E-state index is 0.189. The number of fused-ring (bicyclic) bond motifs is 1. The number of piperidine rings is 1. The Kier molecular flexibility index (Phi) is 10.1. The molecule has 2 N–H and O–H groups in total. The number of rotatable bonds is 13. The maximum absolute atomic E-state index is 11.3. The molecule has 0 radical (unpaired) electrons. The molecular formula is C28H36N4O4S. The Morgan fingerprint density at radius 2 is 2.08 bits per heavy atom. The van der Waals surface area contributed by atoms with Crippen molar-refractivity contribution in [1.29, 1.82) is 0 Å². The minimum Gasteiger partial charge on any atom is -0.497 e. The number of carboxylic acid groups (broad SMARTS) is 1. The lowest BCUT2D eigenvalue weighted by atomic mass is 9.79. The second-order valence-corrected chi connectivity index (χ2v) is 10.8. The summed E-state index contributed by atoms with van der Waals surface area (Å²) in [5, 5.41) is 22.3. The van der Waals surface area contributed by atoms with Crippen LogP contribution in [0.2, 0.25) is 0 Å². The molecule has 2 aromatic heterocycles. The highest BCUT2D eigenvalue weighted by Crippen LogP contribution is 2.35. The van der Waals surface area contributed by atoms with Gasteiger partial charge in [-0.05, 0) is 86.9 Å². The fraction of sp³-hybridized carbons (Fsp3) is 0.500. The molecule has 1 aliphatic rings. The number of aliphatic carboxylic acids is 1. The van der Waals surface area contributed by atoms with Gasteiger partial charge in [0.15, 0.2) is 0 Å².